The third-order valence-electron chi connectivity index (χ3n) is 4.91. The lowest BCUT2D eigenvalue weighted by Gasteiger charge is -2.22. The van der Waals surface area contributed by atoms with Gasteiger partial charge in [-0.25, -0.2) is 12.7 Å². The molecule has 0 N–H and O–H groups in total. The van der Waals surface area contributed by atoms with E-state index in [0.29, 0.717) is 13.1 Å². The topological polar surface area (TPSA) is 49.9 Å². The van der Waals surface area contributed by atoms with Crippen LogP contribution in [0.5, 0.6) is 5.75 Å². The molecule has 128 valence electrons. The first-order valence-corrected chi connectivity index (χ1v) is 10.2. The summed E-state index contributed by atoms with van der Waals surface area (Å²) < 4.78 is 30.6. The predicted molar refractivity (Wildman–Crippen MR) is 91.3 cm³/mol. The van der Waals surface area contributed by atoms with E-state index < -0.39 is 10.0 Å². The summed E-state index contributed by atoms with van der Waals surface area (Å²) >= 11 is 0. The second-order valence-electron chi connectivity index (χ2n) is 6.58. The van der Waals surface area contributed by atoms with Gasteiger partial charge in [0.05, 0.1) is 13.4 Å². The second kappa shape index (κ2) is 6.79. The van der Waals surface area contributed by atoms with Crippen molar-refractivity contribution in [3.8, 4) is 5.75 Å². The van der Waals surface area contributed by atoms with E-state index >= 15 is 0 Å². The number of sulfonamides is 1. The number of hydrogen-bond acceptors (Lipinski definition) is 4. The van der Waals surface area contributed by atoms with Crippen LogP contribution in [0, 0.1) is 0 Å². The number of benzene rings is 1. The highest BCUT2D eigenvalue weighted by Gasteiger charge is 2.22. The van der Waals surface area contributed by atoms with Crippen molar-refractivity contribution in [3.63, 3.8) is 0 Å². The van der Waals surface area contributed by atoms with Crippen molar-refractivity contribution >= 4 is 10.0 Å². The Morgan fingerprint density at radius 1 is 1.04 bits per heavy atom. The van der Waals surface area contributed by atoms with Gasteiger partial charge in [0.25, 0.3) is 0 Å². The summed E-state index contributed by atoms with van der Waals surface area (Å²) in [7, 11) is -1.35. The van der Waals surface area contributed by atoms with E-state index in [2.05, 4.69) is 17.0 Å². The van der Waals surface area contributed by atoms with Crippen LogP contribution in [0.15, 0.2) is 12.1 Å². The summed E-state index contributed by atoms with van der Waals surface area (Å²) in [5.41, 5.74) is 4.10. The number of nitrogens with zero attached hydrogens (tertiary/aromatic N) is 2. The van der Waals surface area contributed by atoms with E-state index in [1.165, 1.54) is 29.4 Å². The number of fused-ring (bicyclic) bond motifs is 1. The van der Waals surface area contributed by atoms with Gasteiger partial charge in [-0.05, 0) is 49.4 Å². The Hall–Kier alpha value is -1.11. The molecule has 0 spiro atoms. The molecule has 1 aliphatic heterocycles. The van der Waals surface area contributed by atoms with Crippen molar-refractivity contribution in [3.05, 3.63) is 28.8 Å². The Labute approximate surface area is 139 Å². The number of methoxy groups -OCH3 is 1. The first-order valence-electron chi connectivity index (χ1n) is 8.33. The first-order chi connectivity index (χ1) is 11.0. The monoisotopic (exact) mass is 338 g/mol. The summed E-state index contributed by atoms with van der Waals surface area (Å²) in [6, 6.07) is 4.48. The van der Waals surface area contributed by atoms with Gasteiger partial charge in [0.2, 0.25) is 10.0 Å². The summed E-state index contributed by atoms with van der Waals surface area (Å²) in [5, 5.41) is 0. The van der Waals surface area contributed by atoms with Crippen molar-refractivity contribution in [2.24, 2.45) is 0 Å². The highest BCUT2D eigenvalue weighted by Crippen LogP contribution is 2.30. The van der Waals surface area contributed by atoms with Crippen molar-refractivity contribution < 1.29 is 13.2 Å². The number of rotatable bonds is 4. The Kier molecular flexibility index (Phi) is 4.94. The standard InChI is InChI=1S/C17H26N2O3S/c1-22-17-12-15-6-3-5-14(15)11-16(17)13-18-7-4-8-19(10-9-18)23(2,20)21/h11-12H,3-10,13H2,1-2H3. The molecule has 0 saturated carbocycles. The molecule has 1 aliphatic carbocycles. The molecule has 0 radical (unpaired) electrons. The minimum absolute atomic E-state index is 0.575. The van der Waals surface area contributed by atoms with Crippen LogP contribution in [-0.2, 0) is 29.4 Å². The quantitative estimate of drug-likeness (QED) is 0.838. The smallest absolute Gasteiger partial charge is 0.211 e. The number of aryl methyl sites for hydroxylation is 2. The highest BCUT2D eigenvalue weighted by molar-refractivity contribution is 7.88. The maximum atomic E-state index is 11.7. The summed E-state index contributed by atoms with van der Waals surface area (Å²) in [4.78, 5) is 2.34. The molecule has 6 heteroatoms. The summed E-state index contributed by atoms with van der Waals surface area (Å²) in [6.07, 6.45) is 5.72. The fraction of sp³-hybridized carbons (Fsp3) is 0.647. The fourth-order valence-electron chi connectivity index (χ4n) is 3.64. The maximum absolute atomic E-state index is 11.7. The zero-order chi connectivity index (χ0) is 16.4. The van der Waals surface area contributed by atoms with Crippen LogP contribution in [0.2, 0.25) is 0 Å². The van der Waals surface area contributed by atoms with Crippen LogP contribution in [0.25, 0.3) is 0 Å². The molecule has 2 aliphatic rings. The van der Waals surface area contributed by atoms with Gasteiger partial charge in [-0.1, -0.05) is 6.07 Å². The molecule has 1 heterocycles. The lowest BCUT2D eigenvalue weighted by Crippen LogP contribution is -2.34. The molecule has 1 aromatic rings. The van der Waals surface area contributed by atoms with Crippen molar-refractivity contribution in [1.29, 1.82) is 0 Å². The molecule has 0 aromatic heterocycles. The average Bonchev–Trinajstić information content (AvgIpc) is 2.81. The zero-order valence-corrected chi connectivity index (χ0v) is 14.9. The molecule has 0 amide bonds. The zero-order valence-electron chi connectivity index (χ0n) is 14.0. The average molecular weight is 338 g/mol. The van der Waals surface area contributed by atoms with Gasteiger partial charge in [-0.3, -0.25) is 4.90 Å². The minimum Gasteiger partial charge on any atom is -0.496 e. The van der Waals surface area contributed by atoms with Gasteiger partial charge >= 0.3 is 0 Å². The normalized spacial score (nSPS) is 20.3. The van der Waals surface area contributed by atoms with E-state index in [0.717, 1.165) is 44.6 Å². The largest absolute Gasteiger partial charge is 0.496 e. The Morgan fingerprint density at radius 3 is 2.48 bits per heavy atom. The highest BCUT2D eigenvalue weighted by atomic mass is 32.2. The van der Waals surface area contributed by atoms with Crippen LogP contribution >= 0.6 is 0 Å². The van der Waals surface area contributed by atoms with Gasteiger partial charge < -0.3 is 4.74 Å². The summed E-state index contributed by atoms with van der Waals surface area (Å²) in [5.74, 6) is 0.967. The van der Waals surface area contributed by atoms with Crippen LogP contribution in [-0.4, -0.2) is 57.2 Å². The molecule has 1 aromatic carbocycles. The van der Waals surface area contributed by atoms with E-state index in [-0.39, 0.29) is 0 Å². The molecule has 3 rings (SSSR count). The van der Waals surface area contributed by atoms with Crippen molar-refractivity contribution in [2.45, 2.75) is 32.2 Å². The number of hydrogen-bond donors (Lipinski definition) is 0. The van der Waals surface area contributed by atoms with Crippen molar-refractivity contribution in [2.75, 3.05) is 39.5 Å². The minimum atomic E-state index is -3.08. The third-order valence-corrected chi connectivity index (χ3v) is 6.21. The van der Waals surface area contributed by atoms with Gasteiger partial charge in [0.1, 0.15) is 5.75 Å². The molecule has 0 bridgehead atoms. The first kappa shape index (κ1) is 16.7. The molecular weight excluding hydrogens is 312 g/mol. The fourth-order valence-corrected chi connectivity index (χ4v) is 4.52. The van der Waals surface area contributed by atoms with Crippen LogP contribution in [0.3, 0.4) is 0 Å². The molecule has 0 atom stereocenters. The van der Waals surface area contributed by atoms with Crippen LogP contribution in [0.4, 0.5) is 0 Å². The summed E-state index contributed by atoms with van der Waals surface area (Å²) in [6.45, 7) is 3.72. The number of ether oxygens (including phenoxy) is 1. The second-order valence-corrected chi connectivity index (χ2v) is 8.56. The molecule has 1 saturated heterocycles. The Bertz CT molecular complexity index is 673. The lowest BCUT2D eigenvalue weighted by molar-refractivity contribution is 0.273. The van der Waals surface area contributed by atoms with E-state index in [1.807, 2.05) is 0 Å². The van der Waals surface area contributed by atoms with Gasteiger partial charge in [0, 0.05) is 31.7 Å². The van der Waals surface area contributed by atoms with Crippen molar-refractivity contribution in [1.82, 2.24) is 9.21 Å². The Balaban J connectivity index is 1.72. The van der Waals surface area contributed by atoms with E-state index in [1.54, 1.807) is 11.4 Å². The predicted octanol–water partition coefficient (Wildman–Crippen LogP) is 1.65. The molecule has 1 fully saturated rings. The molecule has 0 unspecified atom stereocenters. The van der Waals surface area contributed by atoms with E-state index in [9.17, 15) is 8.42 Å². The molecule has 5 nitrogen and oxygen atoms in total. The third kappa shape index (κ3) is 3.87. The van der Waals surface area contributed by atoms with E-state index in [4.69, 9.17) is 4.74 Å². The van der Waals surface area contributed by atoms with Crippen LogP contribution < -0.4 is 4.74 Å². The lowest BCUT2D eigenvalue weighted by atomic mass is 10.0. The SMILES string of the molecule is COc1cc2c(cc1CN1CCCN(S(C)(=O)=O)CC1)CCC2. The van der Waals surface area contributed by atoms with Gasteiger partial charge in [-0.2, -0.15) is 0 Å². The maximum Gasteiger partial charge on any atom is 0.211 e. The Morgan fingerprint density at radius 2 is 1.78 bits per heavy atom. The molecule has 23 heavy (non-hydrogen) atoms. The van der Waals surface area contributed by atoms with Gasteiger partial charge in [0.15, 0.2) is 0 Å². The van der Waals surface area contributed by atoms with Gasteiger partial charge in [-0.15, -0.1) is 0 Å². The molecular formula is C17H26N2O3S. The van der Waals surface area contributed by atoms with Crippen LogP contribution in [0.1, 0.15) is 29.5 Å².